The molecule has 1 heterocycles. The number of ether oxygens (including phenoxy) is 1. The number of hydrogen-bond donors (Lipinski definition) is 1. The highest BCUT2D eigenvalue weighted by molar-refractivity contribution is 5.93. The fourth-order valence-corrected chi connectivity index (χ4v) is 2.25. The summed E-state index contributed by atoms with van der Waals surface area (Å²) in [5.41, 5.74) is 1.42. The molecule has 0 fully saturated rings. The average molecular weight is 318 g/mol. The summed E-state index contributed by atoms with van der Waals surface area (Å²) in [4.78, 5) is 23.9. The summed E-state index contributed by atoms with van der Waals surface area (Å²) >= 11 is 0. The summed E-state index contributed by atoms with van der Waals surface area (Å²) in [7, 11) is 0. The molecule has 1 amide bonds. The first kappa shape index (κ1) is 16.7. The second-order valence-electron chi connectivity index (χ2n) is 4.94. The lowest BCUT2D eigenvalue weighted by Gasteiger charge is -2.03. The van der Waals surface area contributed by atoms with Crippen molar-refractivity contribution >= 4 is 11.9 Å². The van der Waals surface area contributed by atoms with E-state index in [1.54, 1.807) is 36.0 Å². The van der Waals surface area contributed by atoms with Crippen molar-refractivity contribution in [1.82, 2.24) is 9.88 Å². The molecule has 0 bridgehead atoms. The van der Waals surface area contributed by atoms with Crippen LogP contribution in [0.2, 0.25) is 0 Å². The number of carbonyl (C=O) groups excluding carboxylic acids is 2. The fraction of sp³-hybridized carbons (Fsp3) is 0.294. The Hall–Kier alpha value is -2.63. The number of rotatable bonds is 6. The lowest BCUT2D eigenvalue weighted by atomic mass is 10.1. The zero-order valence-corrected chi connectivity index (χ0v) is 13.1. The van der Waals surface area contributed by atoms with Crippen LogP contribution in [0.1, 0.15) is 29.8 Å². The minimum Gasteiger partial charge on any atom is -0.462 e. The number of nitrogens with zero attached hydrogens (tertiary/aromatic N) is 1. The third-order valence-electron chi connectivity index (χ3n) is 3.24. The predicted octanol–water partition coefficient (Wildman–Crippen LogP) is 2.47. The average Bonchev–Trinajstić information content (AvgIpc) is 2.91. The summed E-state index contributed by atoms with van der Waals surface area (Å²) < 4.78 is 20.0. The van der Waals surface area contributed by atoms with E-state index in [9.17, 15) is 14.0 Å². The van der Waals surface area contributed by atoms with E-state index in [0.29, 0.717) is 23.4 Å². The Bertz CT molecular complexity index is 710. The number of aromatic nitrogens is 1. The van der Waals surface area contributed by atoms with Gasteiger partial charge in [0.2, 0.25) is 5.91 Å². The maximum atomic E-state index is 13.4. The van der Waals surface area contributed by atoms with Gasteiger partial charge in [0.05, 0.1) is 18.6 Å². The van der Waals surface area contributed by atoms with Crippen molar-refractivity contribution in [1.29, 1.82) is 0 Å². The number of hydrogen-bond acceptors (Lipinski definition) is 3. The van der Waals surface area contributed by atoms with Crippen LogP contribution in [0.25, 0.3) is 5.69 Å². The standard InChI is InChI=1S/C17H19FN2O3/c1-3-19-16(21)8-12-10-20(11-15(12)17(22)23-4-2)14-7-5-6-13(18)9-14/h5-7,9-11H,3-4,8H2,1-2H3,(H,19,21). The van der Waals surface area contributed by atoms with Gasteiger partial charge in [-0.15, -0.1) is 0 Å². The number of benzene rings is 1. The highest BCUT2D eigenvalue weighted by Gasteiger charge is 2.18. The van der Waals surface area contributed by atoms with E-state index in [4.69, 9.17) is 4.74 Å². The lowest BCUT2D eigenvalue weighted by Crippen LogP contribution is -2.25. The largest absolute Gasteiger partial charge is 0.462 e. The van der Waals surface area contributed by atoms with Gasteiger partial charge < -0.3 is 14.6 Å². The van der Waals surface area contributed by atoms with Crippen molar-refractivity contribution < 1.29 is 18.7 Å². The molecule has 1 N–H and O–H groups in total. The lowest BCUT2D eigenvalue weighted by molar-refractivity contribution is -0.120. The highest BCUT2D eigenvalue weighted by atomic mass is 19.1. The molecule has 0 spiro atoms. The molecule has 1 aromatic carbocycles. The van der Waals surface area contributed by atoms with Crippen LogP contribution in [-0.2, 0) is 16.0 Å². The van der Waals surface area contributed by atoms with E-state index < -0.39 is 5.97 Å². The van der Waals surface area contributed by atoms with Gasteiger partial charge in [-0.3, -0.25) is 4.79 Å². The Balaban J connectivity index is 2.38. The highest BCUT2D eigenvalue weighted by Crippen LogP contribution is 2.18. The number of amides is 1. The number of carbonyl (C=O) groups is 2. The zero-order valence-electron chi connectivity index (χ0n) is 13.1. The van der Waals surface area contributed by atoms with Gasteiger partial charge in [0.15, 0.2) is 0 Å². The SMILES string of the molecule is CCNC(=O)Cc1cn(-c2cccc(F)c2)cc1C(=O)OCC. The molecule has 0 aliphatic rings. The Morgan fingerprint density at radius 2 is 2.04 bits per heavy atom. The van der Waals surface area contributed by atoms with Crippen LogP contribution < -0.4 is 5.32 Å². The minimum absolute atomic E-state index is 0.0598. The van der Waals surface area contributed by atoms with Gasteiger partial charge in [-0.1, -0.05) is 6.07 Å². The molecule has 5 nitrogen and oxygen atoms in total. The van der Waals surface area contributed by atoms with Crippen LogP contribution in [0.15, 0.2) is 36.7 Å². The van der Waals surface area contributed by atoms with Gasteiger partial charge in [0, 0.05) is 24.6 Å². The van der Waals surface area contributed by atoms with Crippen LogP contribution in [0.5, 0.6) is 0 Å². The van der Waals surface area contributed by atoms with Gasteiger partial charge in [0.1, 0.15) is 5.82 Å². The smallest absolute Gasteiger partial charge is 0.339 e. The van der Waals surface area contributed by atoms with E-state index in [-0.39, 0.29) is 24.8 Å². The van der Waals surface area contributed by atoms with E-state index in [1.807, 2.05) is 6.92 Å². The second-order valence-corrected chi connectivity index (χ2v) is 4.94. The maximum absolute atomic E-state index is 13.4. The summed E-state index contributed by atoms with van der Waals surface area (Å²) in [6.07, 6.45) is 3.27. The minimum atomic E-state index is -0.498. The first-order valence-electron chi connectivity index (χ1n) is 7.45. The molecular formula is C17H19FN2O3. The van der Waals surface area contributed by atoms with Crippen molar-refractivity contribution in [3.63, 3.8) is 0 Å². The van der Waals surface area contributed by atoms with Gasteiger partial charge >= 0.3 is 5.97 Å². The molecule has 2 rings (SSSR count). The van der Waals surface area contributed by atoms with Crippen molar-refractivity contribution in [3.05, 3.63) is 53.6 Å². The van der Waals surface area contributed by atoms with Gasteiger partial charge in [0.25, 0.3) is 0 Å². The van der Waals surface area contributed by atoms with Crippen molar-refractivity contribution in [2.45, 2.75) is 20.3 Å². The number of nitrogens with one attached hydrogen (secondary N) is 1. The predicted molar refractivity (Wildman–Crippen MR) is 84.1 cm³/mol. The first-order chi connectivity index (χ1) is 11.0. The summed E-state index contributed by atoms with van der Waals surface area (Å²) in [6, 6.07) is 5.99. The van der Waals surface area contributed by atoms with Crippen molar-refractivity contribution in [2.24, 2.45) is 0 Å². The molecule has 0 saturated heterocycles. The quantitative estimate of drug-likeness (QED) is 0.832. The first-order valence-corrected chi connectivity index (χ1v) is 7.45. The summed E-state index contributed by atoms with van der Waals surface area (Å²) in [6.45, 7) is 4.29. The van der Waals surface area contributed by atoms with Gasteiger partial charge in [-0.25, -0.2) is 9.18 Å². The monoisotopic (exact) mass is 318 g/mol. The van der Waals surface area contributed by atoms with Gasteiger partial charge in [-0.05, 0) is 37.6 Å². The normalized spacial score (nSPS) is 10.4. The Morgan fingerprint density at radius 1 is 1.26 bits per heavy atom. The van der Waals surface area contributed by atoms with E-state index >= 15 is 0 Å². The summed E-state index contributed by atoms with van der Waals surface area (Å²) in [5.74, 6) is -1.06. The molecule has 0 unspecified atom stereocenters. The molecule has 2 aromatic rings. The van der Waals surface area contributed by atoms with Crippen LogP contribution >= 0.6 is 0 Å². The number of esters is 1. The van der Waals surface area contributed by atoms with Crippen LogP contribution in [-0.4, -0.2) is 29.6 Å². The number of likely N-dealkylation sites (N-methyl/N-ethyl adjacent to an activating group) is 1. The van der Waals surface area contributed by atoms with E-state index in [1.165, 1.54) is 12.1 Å². The van der Waals surface area contributed by atoms with E-state index in [2.05, 4.69) is 5.32 Å². The Labute approximate surface area is 134 Å². The second kappa shape index (κ2) is 7.58. The van der Waals surface area contributed by atoms with Crippen molar-refractivity contribution in [2.75, 3.05) is 13.2 Å². The molecule has 0 radical (unpaired) electrons. The van der Waals surface area contributed by atoms with Crippen molar-refractivity contribution in [3.8, 4) is 5.69 Å². The molecule has 0 saturated carbocycles. The van der Waals surface area contributed by atoms with Crippen LogP contribution in [0, 0.1) is 5.82 Å². The van der Waals surface area contributed by atoms with Gasteiger partial charge in [-0.2, -0.15) is 0 Å². The molecule has 23 heavy (non-hydrogen) atoms. The molecular weight excluding hydrogens is 299 g/mol. The van der Waals surface area contributed by atoms with Crippen LogP contribution in [0.3, 0.4) is 0 Å². The molecule has 0 atom stereocenters. The third kappa shape index (κ3) is 4.18. The molecule has 1 aromatic heterocycles. The Morgan fingerprint density at radius 3 is 2.70 bits per heavy atom. The zero-order chi connectivity index (χ0) is 16.8. The molecule has 6 heteroatoms. The third-order valence-corrected chi connectivity index (χ3v) is 3.24. The number of halogens is 1. The maximum Gasteiger partial charge on any atom is 0.339 e. The van der Waals surface area contributed by atoms with Crippen LogP contribution in [0.4, 0.5) is 4.39 Å². The fourth-order valence-electron chi connectivity index (χ4n) is 2.25. The van der Waals surface area contributed by atoms with E-state index in [0.717, 1.165) is 0 Å². The molecule has 122 valence electrons. The Kier molecular flexibility index (Phi) is 5.51. The molecule has 0 aliphatic carbocycles. The molecule has 0 aliphatic heterocycles. The summed E-state index contributed by atoms with van der Waals surface area (Å²) in [5, 5.41) is 2.69. The topological polar surface area (TPSA) is 60.3 Å².